The lowest BCUT2D eigenvalue weighted by atomic mass is 10.2. The number of aryl methyl sites for hydroxylation is 1. The van der Waals surface area contributed by atoms with Gasteiger partial charge in [0.05, 0.1) is 4.92 Å². The second-order valence-corrected chi connectivity index (χ2v) is 5.10. The molecule has 1 saturated carbocycles. The Bertz CT molecular complexity index is 673. The van der Waals surface area contributed by atoms with Gasteiger partial charge in [-0.15, -0.1) is 0 Å². The van der Waals surface area contributed by atoms with Gasteiger partial charge >= 0.3 is 0 Å². The van der Waals surface area contributed by atoms with Crippen LogP contribution < -0.4 is 5.32 Å². The maximum Gasteiger partial charge on any atom is 0.270 e. The highest BCUT2D eigenvalue weighted by Crippen LogP contribution is 2.22. The van der Waals surface area contributed by atoms with Gasteiger partial charge in [-0.2, -0.15) is 0 Å². The summed E-state index contributed by atoms with van der Waals surface area (Å²) in [5.74, 6) is 0.0660. The van der Waals surface area contributed by atoms with E-state index in [0.717, 1.165) is 23.7 Å². The van der Waals surface area contributed by atoms with Crippen LogP contribution in [0.4, 0.5) is 5.69 Å². The van der Waals surface area contributed by atoms with E-state index in [0.29, 0.717) is 19.0 Å². The average Bonchev–Trinajstić information content (AvgIpc) is 3.14. The first-order chi connectivity index (χ1) is 9.63. The fourth-order valence-corrected chi connectivity index (χ4v) is 2.25. The maximum atomic E-state index is 11.7. The van der Waals surface area contributed by atoms with Crippen molar-refractivity contribution in [1.82, 2.24) is 9.88 Å². The summed E-state index contributed by atoms with van der Waals surface area (Å²) in [6, 6.07) is 6.98. The summed E-state index contributed by atoms with van der Waals surface area (Å²) in [7, 11) is 0. The predicted octanol–water partition coefficient (Wildman–Crippen LogP) is 2.22. The van der Waals surface area contributed by atoms with Gasteiger partial charge in [0.15, 0.2) is 0 Å². The van der Waals surface area contributed by atoms with Crippen molar-refractivity contribution in [2.45, 2.75) is 31.8 Å². The zero-order valence-corrected chi connectivity index (χ0v) is 10.9. The number of nitro benzene ring substituents is 1. The van der Waals surface area contributed by atoms with Crippen molar-refractivity contribution in [3.05, 3.63) is 40.6 Å². The summed E-state index contributed by atoms with van der Waals surface area (Å²) < 4.78 is 1.95. The van der Waals surface area contributed by atoms with Crippen molar-refractivity contribution >= 4 is 22.5 Å². The molecule has 2 aromatic rings. The molecule has 1 aliphatic rings. The number of amides is 1. The molecule has 104 valence electrons. The molecule has 0 radical (unpaired) electrons. The number of nitro groups is 1. The molecule has 0 spiro atoms. The number of aromatic nitrogens is 1. The highest BCUT2D eigenvalue weighted by molar-refractivity contribution is 5.83. The van der Waals surface area contributed by atoms with Crippen molar-refractivity contribution in [3.8, 4) is 0 Å². The Balaban J connectivity index is 1.71. The molecule has 20 heavy (non-hydrogen) atoms. The summed E-state index contributed by atoms with van der Waals surface area (Å²) >= 11 is 0. The Kier molecular flexibility index (Phi) is 3.14. The van der Waals surface area contributed by atoms with Crippen LogP contribution in [0.15, 0.2) is 30.5 Å². The number of fused-ring (bicyclic) bond motifs is 1. The normalized spacial score (nSPS) is 14.4. The fraction of sp³-hybridized carbons (Fsp3) is 0.357. The van der Waals surface area contributed by atoms with Crippen LogP contribution in [0.1, 0.15) is 19.3 Å². The van der Waals surface area contributed by atoms with Crippen molar-refractivity contribution < 1.29 is 9.72 Å². The minimum absolute atomic E-state index is 0.0660. The van der Waals surface area contributed by atoms with E-state index in [1.165, 1.54) is 6.07 Å². The Labute approximate surface area is 115 Å². The number of hydrogen-bond donors (Lipinski definition) is 1. The van der Waals surface area contributed by atoms with Gasteiger partial charge in [0.2, 0.25) is 5.91 Å². The van der Waals surface area contributed by atoms with Gasteiger partial charge in [-0.05, 0) is 25.0 Å². The molecule has 0 aliphatic heterocycles. The van der Waals surface area contributed by atoms with Crippen LogP contribution in [0, 0.1) is 10.1 Å². The van der Waals surface area contributed by atoms with Crippen molar-refractivity contribution in [2.75, 3.05) is 0 Å². The number of nitrogens with one attached hydrogen (secondary N) is 1. The summed E-state index contributed by atoms with van der Waals surface area (Å²) in [6.45, 7) is 0.583. The number of carbonyl (C=O) groups is 1. The first kappa shape index (κ1) is 12.7. The van der Waals surface area contributed by atoms with Crippen LogP contribution >= 0.6 is 0 Å². The van der Waals surface area contributed by atoms with Crippen LogP contribution in [0.25, 0.3) is 10.9 Å². The lowest BCUT2D eigenvalue weighted by Crippen LogP contribution is -2.26. The van der Waals surface area contributed by atoms with Gasteiger partial charge in [0, 0.05) is 48.2 Å². The molecule has 1 aliphatic carbocycles. The molecular formula is C14H15N3O3. The standard InChI is InChI=1S/C14H15N3O3/c18-14(15-11-1-2-11)6-8-16-7-5-10-9-12(17(19)20)3-4-13(10)16/h3-5,7,9,11H,1-2,6,8H2,(H,15,18). The van der Waals surface area contributed by atoms with Crippen LogP contribution in [0.5, 0.6) is 0 Å². The van der Waals surface area contributed by atoms with E-state index < -0.39 is 4.92 Å². The van der Waals surface area contributed by atoms with Crippen molar-refractivity contribution in [1.29, 1.82) is 0 Å². The number of rotatable bonds is 5. The molecule has 6 heteroatoms. The third-order valence-electron chi connectivity index (χ3n) is 3.49. The molecule has 3 rings (SSSR count). The molecule has 0 bridgehead atoms. The highest BCUT2D eigenvalue weighted by atomic mass is 16.6. The van der Waals surface area contributed by atoms with Crippen LogP contribution in [0.3, 0.4) is 0 Å². The third-order valence-corrected chi connectivity index (χ3v) is 3.49. The second kappa shape index (κ2) is 4.96. The van der Waals surface area contributed by atoms with Crippen LogP contribution in [-0.2, 0) is 11.3 Å². The molecule has 1 fully saturated rings. The van der Waals surface area contributed by atoms with Gasteiger partial charge in [-0.1, -0.05) is 0 Å². The minimum atomic E-state index is -0.403. The number of hydrogen-bond acceptors (Lipinski definition) is 3. The molecule has 1 aromatic carbocycles. The van der Waals surface area contributed by atoms with Gasteiger partial charge in [-0.3, -0.25) is 14.9 Å². The molecule has 0 unspecified atom stereocenters. The number of carbonyl (C=O) groups excluding carboxylic acids is 1. The fourth-order valence-electron chi connectivity index (χ4n) is 2.25. The van der Waals surface area contributed by atoms with E-state index in [9.17, 15) is 14.9 Å². The summed E-state index contributed by atoms with van der Waals surface area (Å²) in [5.41, 5.74) is 0.997. The monoisotopic (exact) mass is 273 g/mol. The third kappa shape index (κ3) is 2.64. The van der Waals surface area contributed by atoms with E-state index in [-0.39, 0.29) is 11.6 Å². The van der Waals surface area contributed by atoms with E-state index in [4.69, 9.17) is 0 Å². The Hall–Kier alpha value is -2.37. The summed E-state index contributed by atoms with van der Waals surface area (Å²) in [4.78, 5) is 22.0. The Morgan fingerprint density at radius 3 is 2.90 bits per heavy atom. The summed E-state index contributed by atoms with van der Waals surface area (Å²) in [6.07, 6.45) is 4.46. The van der Waals surface area contributed by atoms with E-state index in [2.05, 4.69) is 5.32 Å². The van der Waals surface area contributed by atoms with E-state index in [1.807, 2.05) is 16.8 Å². The van der Waals surface area contributed by atoms with Crippen molar-refractivity contribution in [3.63, 3.8) is 0 Å². The SMILES string of the molecule is O=C(CCn1ccc2cc([N+](=O)[O-])ccc21)NC1CC1. The Morgan fingerprint density at radius 2 is 2.20 bits per heavy atom. The first-order valence-electron chi connectivity index (χ1n) is 6.66. The van der Waals surface area contributed by atoms with Gasteiger partial charge in [-0.25, -0.2) is 0 Å². The molecule has 0 atom stereocenters. The van der Waals surface area contributed by atoms with Crippen molar-refractivity contribution in [2.24, 2.45) is 0 Å². The molecule has 0 saturated heterocycles. The quantitative estimate of drug-likeness (QED) is 0.670. The molecular weight excluding hydrogens is 258 g/mol. The van der Waals surface area contributed by atoms with E-state index >= 15 is 0 Å². The largest absolute Gasteiger partial charge is 0.353 e. The molecule has 1 amide bonds. The van der Waals surface area contributed by atoms with Gasteiger partial charge < -0.3 is 9.88 Å². The zero-order chi connectivity index (χ0) is 14.1. The number of nitrogens with zero attached hydrogens (tertiary/aromatic N) is 2. The molecule has 6 nitrogen and oxygen atoms in total. The van der Waals surface area contributed by atoms with Gasteiger partial charge in [0.25, 0.3) is 5.69 Å². The smallest absolute Gasteiger partial charge is 0.270 e. The van der Waals surface area contributed by atoms with Gasteiger partial charge in [0.1, 0.15) is 0 Å². The molecule has 1 N–H and O–H groups in total. The lowest BCUT2D eigenvalue weighted by Gasteiger charge is -2.06. The number of benzene rings is 1. The second-order valence-electron chi connectivity index (χ2n) is 5.10. The zero-order valence-electron chi connectivity index (χ0n) is 10.9. The molecule has 1 aromatic heterocycles. The van der Waals surface area contributed by atoms with Crippen LogP contribution in [0.2, 0.25) is 0 Å². The predicted molar refractivity (Wildman–Crippen MR) is 74.4 cm³/mol. The summed E-state index contributed by atoms with van der Waals surface area (Å²) in [5, 5.41) is 14.5. The minimum Gasteiger partial charge on any atom is -0.353 e. The number of non-ortho nitro benzene ring substituents is 1. The highest BCUT2D eigenvalue weighted by Gasteiger charge is 2.22. The first-order valence-corrected chi connectivity index (χ1v) is 6.66. The molecule has 1 heterocycles. The van der Waals surface area contributed by atoms with E-state index in [1.54, 1.807) is 12.1 Å². The topological polar surface area (TPSA) is 77.2 Å². The Morgan fingerprint density at radius 1 is 1.40 bits per heavy atom. The lowest BCUT2D eigenvalue weighted by molar-refractivity contribution is -0.384. The average molecular weight is 273 g/mol. The maximum absolute atomic E-state index is 11.7. The van der Waals surface area contributed by atoms with Crippen LogP contribution in [-0.4, -0.2) is 21.4 Å².